The number of ether oxygens (including phenoxy) is 2. The average Bonchev–Trinajstić information content (AvgIpc) is 2.74. The van der Waals surface area contributed by atoms with Crippen molar-refractivity contribution in [2.45, 2.75) is 32.4 Å². The predicted molar refractivity (Wildman–Crippen MR) is 112 cm³/mol. The molecule has 0 radical (unpaired) electrons. The van der Waals surface area contributed by atoms with Crippen LogP contribution in [0.5, 0.6) is 5.75 Å². The zero-order valence-corrected chi connectivity index (χ0v) is 17.2. The van der Waals surface area contributed by atoms with Crippen molar-refractivity contribution < 1.29 is 33.8 Å². The third-order valence-corrected chi connectivity index (χ3v) is 4.29. The summed E-state index contributed by atoms with van der Waals surface area (Å²) in [5, 5.41) is 14.2. The van der Waals surface area contributed by atoms with Crippen LogP contribution < -0.4 is 15.4 Å². The van der Waals surface area contributed by atoms with Crippen molar-refractivity contribution >= 4 is 29.4 Å². The van der Waals surface area contributed by atoms with Gasteiger partial charge in [0, 0.05) is 25.1 Å². The summed E-state index contributed by atoms with van der Waals surface area (Å²) in [6.07, 6.45) is -1.17. The number of hydrogen-bond acceptors (Lipinski definition) is 6. The molecule has 9 nitrogen and oxygen atoms in total. The topological polar surface area (TPSA) is 131 Å². The molecule has 2 rings (SSSR count). The summed E-state index contributed by atoms with van der Waals surface area (Å²) in [5.41, 5.74) is 1.47. The van der Waals surface area contributed by atoms with Crippen LogP contribution in [0.2, 0.25) is 0 Å². The standard InChI is InChI=1S/C22H24N2O7/c1-14(25)23-16-8-9-17(20(12-16)30-2)19(26)11-10-18(21(27)28)24-22(29)31-13-15-6-4-3-5-7-15/h3-9,12,18H,10-11,13H2,1-2H3,(H,23,25)(H,24,29)(H,27,28). The van der Waals surface area contributed by atoms with E-state index in [2.05, 4.69) is 10.6 Å². The molecule has 0 fully saturated rings. The van der Waals surface area contributed by atoms with Crippen LogP contribution >= 0.6 is 0 Å². The van der Waals surface area contributed by atoms with E-state index >= 15 is 0 Å². The molecule has 1 atom stereocenters. The van der Waals surface area contributed by atoms with Gasteiger partial charge >= 0.3 is 12.1 Å². The molecule has 0 spiro atoms. The highest BCUT2D eigenvalue weighted by atomic mass is 16.5. The Labute approximate surface area is 179 Å². The Bertz CT molecular complexity index is 944. The van der Waals surface area contributed by atoms with Crippen molar-refractivity contribution in [2.75, 3.05) is 12.4 Å². The molecule has 0 saturated heterocycles. The van der Waals surface area contributed by atoms with Gasteiger partial charge in [0.2, 0.25) is 5.91 Å². The maximum atomic E-state index is 12.6. The quantitative estimate of drug-likeness (QED) is 0.496. The van der Waals surface area contributed by atoms with E-state index in [9.17, 15) is 24.3 Å². The highest BCUT2D eigenvalue weighted by Gasteiger charge is 2.23. The number of carboxylic acid groups (broad SMARTS) is 1. The maximum Gasteiger partial charge on any atom is 0.408 e. The minimum absolute atomic E-state index is 0.00418. The summed E-state index contributed by atoms with van der Waals surface area (Å²) in [7, 11) is 1.38. The fourth-order valence-corrected chi connectivity index (χ4v) is 2.78. The molecular weight excluding hydrogens is 404 g/mol. The Morgan fingerprint density at radius 3 is 2.39 bits per heavy atom. The number of nitrogens with one attached hydrogen (secondary N) is 2. The number of carbonyl (C=O) groups is 4. The second kappa shape index (κ2) is 11.3. The van der Waals surface area contributed by atoms with Gasteiger partial charge < -0.3 is 25.2 Å². The second-order valence-electron chi connectivity index (χ2n) is 6.65. The van der Waals surface area contributed by atoms with Crippen LogP contribution in [0.4, 0.5) is 10.5 Å². The van der Waals surface area contributed by atoms with E-state index in [1.807, 2.05) is 6.07 Å². The van der Waals surface area contributed by atoms with Crippen LogP contribution in [0.3, 0.4) is 0 Å². The lowest BCUT2D eigenvalue weighted by atomic mass is 10.0. The van der Waals surface area contributed by atoms with Crippen molar-refractivity contribution in [3.8, 4) is 5.75 Å². The fourth-order valence-electron chi connectivity index (χ4n) is 2.78. The minimum atomic E-state index is -1.29. The van der Waals surface area contributed by atoms with Crippen LogP contribution in [0.1, 0.15) is 35.7 Å². The van der Waals surface area contributed by atoms with Crippen LogP contribution in [0, 0.1) is 0 Å². The van der Waals surface area contributed by atoms with Crippen molar-refractivity contribution in [2.24, 2.45) is 0 Å². The first-order chi connectivity index (χ1) is 14.8. The highest BCUT2D eigenvalue weighted by Crippen LogP contribution is 2.25. The number of anilines is 1. The summed E-state index contributed by atoms with van der Waals surface area (Å²) in [5.74, 6) is -1.66. The minimum Gasteiger partial charge on any atom is -0.496 e. The highest BCUT2D eigenvalue weighted by molar-refractivity contribution is 6.00. The third-order valence-electron chi connectivity index (χ3n) is 4.29. The molecule has 0 saturated carbocycles. The molecule has 164 valence electrons. The molecule has 0 bridgehead atoms. The zero-order valence-electron chi connectivity index (χ0n) is 17.2. The summed E-state index contributed by atoms with van der Waals surface area (Å²) in [6.45, 7) is 1.35. The molecule has 3 N–H and O–H groups in total. The lowest BCUT2D eigenvalue weighted by molar-refractivity contribution is -0.139. The number of benzene rings is 2. The lowest BCUT2D eigenvalue weighted by Gasteiger charge is -2.15. The molecule has 0 aliphatic heterocycles. The first-order valence-electron chi connectivity index (χ1n) is 9.49. The van der Waals surface area contributed by atoms with Crippen molar-refractivity contribution in [1.82, 2.24) is 5.32 Å². The fraction of sp³-hybridized carbons (Fsp3) is 0.273. The van der Waals surface area contributed by atoms with Gasteiger partial charge in [-0.15, -0.1) is 0 Å². The summed E-state index contributed by atoms with van der Waals surface area (Å²) in [6, 6.07) is 12.2. The Kier molecular flexibility index (Phi) is 8.56. The van der Waals surface area contributed by atoms with E-state index in [0.29, 0.717) is 5.69 Å². The van der Waals surface area contributed by atoms with Crippen LogP contribution in [0.15, 0.2) is 48.5 Å². The molecule has 0 aliphatic carbocycles. The van der Waals surface area contributed by atoms with Gasteiger partial charge in [-0.1, -0.05) is 30.3 Å². The van der Waals surface area contributed by atoms with E-state index < -0.39 is 18.1 Å². The number of amides is 2. The molecule has 2 aromatic carbocycles. The maximum absolute atomic E-state index is 12.6. The number of Topliss-reactive ketones (excluding diaryl/α,β-unsaturated/α-hetero) is 1. The molecule has 2 aromatic rings. The third kappa shape index (κ3) is 7.46. The number of alkyl carbamates (subject to hydrolysis) is 1. The number of carbonyl (C=O) groups excluding carboxylic acids is 3. The molecular formula is C22H24N2O7. The Balaban J connectivity index is 1.94. The summed E-state index contributed by atoms with van der Waals surface area (Å²) in [4.78, 5) is 47.2. The first kappa shape index (κ1) is 23.4. The molecule has 0 aliphatic rings. The number of methoxy groups -OCH3 is 1. The largest absolute Gasteiger partial charge is 0.496 e. The van der Waals surface area contributed by atoms with Gasteiger partial charge in [-0.3, -0.25) is 9.59 Å². The Morgan fingerprint density at radius 1 is 1.06 bits per heavy atom. The lowest BCUT2D eigenvalue weighted by Crippen LogP contribution is -2.41. The normalized spacial score (nSPS) is 11.2. The van der Waals surface area contributed by atoms with Crippen LogP contribution in [-0.2, 0) is 20.9 Å². The number of rotatable bonds is 10. The Hall–Kier alpha value is -3.88. The van der Waals surface area contributed by atoms with Crippen molar-refractivity contribution in [3.05, 3.63) is 59.7 Å². The summed E-state index contributed by atoms with van der Waals surface area (Å²) >= 11 is 0. The molecule has 1 unspecified atom stereocenters. The molecule has 0 heterocycles. The van der Waals surface area contributed by atoms with E-state index in [1.165, 1.54) is 26.2 Å². The Morgan fingerprint density at radius 2 is 1.77 bits per heavy atom. The van der Waals surface area contributed by atoms with Crippen molar-refractivity contribution in [3.63, 3.8) is 0 Å². The summed E-state index contributed by atoms with van der Waals surface area (Å²) < 4.78 is 10.2. The van der Waals surface area contributed by atoms with Gasteiger partial charge in [-0.2, -0.15) is 0 Å². The van der Waals surface area contributed by atoms with Gasteiger partial charge in [0.25, 0.3) is 0 Å². The molecule has 0 aromatic heterocycles. The SMILES string of the molecule is COc1cc(NC(C)=O)ccc1C(=O)CCC(NC(=O)OCc1ccccc1)C(=O)O. The second-order valence-corrected chi connectivity index (χ2v) is 6.65. The van der Waals surface area contributed by atoms with Gasteiger partial charge in [0.15, 0.2) is 5.78 Å². The van der Waals surface area contributed by atoms with E-state index in [4.69, 9.17) is 9.47 Å². The predicted octanol–water partition coefficient (Wildman–Crippen LogP) is 3.00. The molecule has 2 amide bonds. The number of hydrogen-bond donors (Lipinski definition) is 3. The van der Waals surface area contributed by atoms with Crippen LogP contribution in [0.25, 0.3) is 0 Å². The van der Waals surface area contributed by atoms with E-state index in [-0.39, 0.29) is 42.5 Å². The van der Waals surface area contributed by atoms with E-state index in [1.54, 1.807) is 30.3 Å². The smallest absolute Gasteiger partial charge is 0.408 e. The molecule has 9 heteroatoms. The van der Waals surface area contributed by atoms with Gasteiger partial charge in [-0.25, -0.2) is 9.59 Å². The van der Waals surface area contributed by atoms with Crippen LogP contribution in [-0.4, -0.2) is 42.0 Å². The monoisotopic (exact) mass is 428 g/mol. The number of ketones is 1. The first-order valence-corrected chi connectivity index (χ1v) is 9.49. The zero-order chi connectivity index (χ0) is 22.8. The van der Waals surface area contributed by atoms with Crippen molar-refractivity contribution in [1.29, 1.82) is 0 Å². The number of carboxylic acids is 1. The molecule has 31 heavy (non-hydrogen) atoms. The van der Waals surface area contributed by atoms with Gasteiger partial charge in [0.1, 0.15) is 18.4 Å². The average molecular weight is 428 g/mol. The number of aliphatic carboxylic acids is 1. The van der Waals surface area contributed by atoms with Gasteiger partial charge in [0.05, 0.1) is 12.7 Å². The van der Waals surface area contributed by atoms with Gasteiger partial charge in [-0.05, 0) is 24.1 Å². The van der Waals surface area contributed by atoms with E-state index in [0.717, 1.165) is 5.56 Å².